The van der Waals surface area contributed by atoms with E-state index in [0.29, 0.717) is 29.7 Å². The number of benzene rings is 4. The van der Waals surface area contributed by atoms with Crippen LogP contribution in [0, 0.1) is 17.2 Å². The van der Waals surface area contributed by atoms with Crippen LogP contribution in [-0.2, 0) is 12.8 Å². The molecule has 39 heavy (non-hydrogen) atoms. The van der Waals surface area contributed by atoms with Crippen LogP contribution in [0.2, 0.25) is 0 Å². The maximum atomic E-state index is 13.4. The SMILES string of the molecule is N#Cc1cccc(CC(CO)C(CCc2ccccc2)NC(=O)c2ccc(-c3ccc4c(c3)OCO4)cc2)c1. The summed E-state index contributed by atoms with van der Waals surface area (Å²) < 4.78 is 10.9. The van der Waals surface area contributed by atoms with Crippen molar-refractivity contribution in [1.82, 2.24) is 5.32 Å². The van der Waals surface area contributed by atoms with Crippen LogP contribution in [-0.4, -0.2) is 30.5 Å². The fourth-order valence-electron chi connectivity index (χ4n) is 4.94. The number of aliphatic hydroxyl groups excluding tert-OH is 1. The summed E-state index contributed by atoms with van der Waals surface area (Å²) in [5, 5.41) is 22.8. The maximum absolute atomic E-state index is 13.4. The van der Waals surface area contributed by atoms with Gasteiger partial charge in [0.2, 0.25) is 6.79 Å². The normalized spacial score (nSPS) is 13.3. The Morgan fingerprint density at radius 2 is 1.62 bits per heavy atom. The molecule has 2 unspecified atom stereocenters. The summed E-state index contributed by atoms with van der Waals surface area (Å²) in [6, 6.07) is 32.7. The van der Waals surface area contributed by atoms with E-state index in [1.54, 1.807) is 6.07 Å². The van der Waals surface area contributed by atoms with Gasteiger partial charge in [-0.25, -0.2) is 0 Å². The third-order valence-electron chi connectivity index (χ3n) is 7.11. The van der Waals surface area contributed by atoms with Gasteiger partial charge < -0.3 is 19.9 Å². The van der Waals surface area contributed by atoms with Crippen molar-refractivity contribution in [2.45, 2.75) is 25.3 Å². The number of aryl methyl sites for hydroxylation is 1. The number of fused-ring (bicyclic) bond motifs is 1. The number of aliphatic hydroxyl groups is 1. The summed E-state index contributed by atoms with van der Waals surface area (Å²) in [6.45, 7) is 0.140. The highest BCUT2D eigenvalue weighted by Gasteiger charge is 2.24. The van der Waals surface area contributed by atoms with Crippen molar-refractivity contribution in [3.63, 3.8) is 0 Å². The molecule has 196 valence electrons. The van der Waals surface area contributed by atoms with Crippen molar-refractivity contribution in [1.29, 1.82) is 5.26 Å². The molecule has 0 saturated carbocycles. The van der Waals surface area contributed by atoms with E-state index in [0.717, 1.165) is 28.9 Å². The van der Waals surface area contributed by atoms with Crippen molar-refractivity contribution in [2.24, 2.45) is 5.92 Å². The Bertz CT molecular complexity index is 1460. The van der Waals surface area contributed by atoms with Crippen LogP contribution in [0.1, 0.15) is 33.5 Å². The molecule has 0 spiro atoms. The van der Waals surface area contributed by atoms with Gasteiger partial charge in [0.15, 0.2) is 11.5 Å². The van der Waals surface area contributed by atoms with Gasteiger partial charge in [0.1, 0.15) is 0 Å². The van der Waals surface area contributed by atoms with Crippen LogP contribution in [0.25, 0.3) is 11.1 Å². The second-order valence-electron chi connectivity index (χ2n) is 9.71. The lowest BCUT2D eigenvalue weighted by molar-refractivity contribution is 0.0898. The molecule has 0 aromatic heterocycles. The number of amides is 1. The fraction of sp³-hybridized carbons (Fsp3) is 0.212. The molecule has 4 aromatic carbocycles. The highest BCUT2D eigenvalue weighted by Crippen LogP contribution is 2.36. The summed E-state index contributed by atoms with van der Waals surface area (Å²) in [4.78, 5) is 13.4. The summed E-state index contributed by atoms with van der Waals surface area (Å²) in [5.41, 5.74) is 5.21. The molecule has 5 rings (SSSR count). The molecular formula is C33H30N2O4. The number of nitriles is 1. The predicted molar refractivity (Wildman–Crippen MR) is 149 cm³/mol. The zero-order valence-corrected chi connectivity index (χ0v) is 21.5. The van der Waals surface area contributed by atoms with Gasteiger partial charge in [0.05, 0.1) is 11.6 Å². The van der Waals surface area contributed by atoms with E-state index in [1.807, 2.05) is 78.9 Å². The zero-order chi connectivity index (χ0) is 27.0. The van der Waals surface area contributed by atoms with Crippen molar-refractivity contribution in [3.05, 3.63) is 119 Å². The molecular weight excluding hydrogens is 488 g/mol. The van der Waals surface area contributed by atoms with E-state index in [-0.39, 0.29) is 31.3 Å². The van der Waals surface area contributed by atoms with Crippen LogP contribution >= 0.6 is 0 Å². The van der Waals surface area contributed by atoms with Crippen LogP contribution in [0.4, 0.5) is 0 Å². The predicted octanol–water partition coefficient (Wildman–Crippen LogP) is 5.54. The van der Waals surface area contributed by atoms with Crippen molar-refractivity contribution >= 4 is 5.91 Å². The molecule has 1 aliphatic heterocycles. The Morgan fingerprint density at radius 1 is 0.872 bits per heavy atom. The second-order valence-corrected chi connectivity index (χ2v) is 9.71. The molecule has 1 aliphatic rings. The van der Waals surface area contributed by atoms with Crippen molar-refractivity contribution in [2.75, 3.05) is 13.4 Å². The molecule has 6 nitrogen and oxygen atoms in total. The number of hydrogen-bond donors (Lipinski definition) is 2. The second kappa shape index (κ2) is 12.3. The Balaban J connectivity index is 1.32. The fourth-order valence-corrected chi connectivity index (χ4v) is 4.94. The molecule has 0 bridgehead atoms. The minimum Gasteiger partial charge on any atom is -0.454 e. The number of nitrogens with zero attached hydrogens (tertiary/aromatic N) is 1. The maximum Gasteiger partial charge on any atom is 0.251 e. The molecule has 4 aromatic rings. The summed E-state index contributed by atoms with van der Waals surface area (Å²) in [7, 11) is 0. The lowest BCUT2D eigenvalue weighted by Crippen LogP contribution is -2.43. The quantitative estimate of drug-likeness (QED) is 0.288. The highest BCUT2D eigenvalue weighted by molar-refractivity contribution is 5.95. The number of carbonyl (C=O) groups excluding carboxylic acids is 1. The number of nitrogens with one attached hydrogen (secondary N) is 1. The molecule has 1 amide bonds. The third-order valence-corrected chi connectivity index (χ3v) is 7.11. The highest BCUT2D eigenvalue weighted by atomic mass is 16.7. The van der Waals surface area contributed by atoms with Gasteiger partial charge in [0.25, 0.3) is 5.91 Å². The topological polar surface area (TPSA) is 91.6 Å². The first-order chi connectivity index (χ1) is 19.1. The van der Waals surface area contributed by atoms with Crippen LogP contribution in [0.3, 0.4) is 0 Å². The molecule has 0 fully saturated rings. The van der Waals surface area contributed by atoms with Gasteiger partial charge in [-0.15, -0.1) is 0 Å². The zero-order valence-electron chi connectivity index (χ0n) is 21.5. The van der Waals surface area contributed by atoms with Crippen molar-refractivity contribution < 1.29 is 19.4 Å². The molecule has 1 heterocycles. The summed E-state index contributed by atoms with van der Waals surface area (Å²) >= 11 is 0. The first-order valence-electron chi connectivity index (χ1n) is 13.1. The minimum absolute atomic E-state index is 0.0838. The van der Waals surface area contributed by atoms with E-state index in [1.165, 1.54) is 5.56 Å². The largest absolute Gasteiger partial charge is 0.454 e. The van der Waals surface area contributed by atoms with Crippen LogP contribution in [0.15, 0.2) is 97.1 Å². The van der Waals surface area contributed by atoms with Gasteiger partial charge in [-0.2, -0.15) is 5.26 Å². The first kappa shape index (κ1) is 26.0. The van der Waals surface area contributed by atoms with Crippen LogP contribution in [0.5, 0.6) is 11.5 Å². The first-order valence-corrected chi connectivity index (χ1v) is 13.1. The lowest BCUT2D eigenvalue weighted by atomic mass is 9.88. The van der Waals surface area contributed by atoms with Crippen LogP contribution < -0.4 is 14.8 Å². The molecule has 2 atom stereocenters. The van der Waals surface area contributed by atoms with E-state index < -0.39 is 0 Å². The lowest BCUT2D eigenvalue weighted by Gasteiger charge is -2.27. The average Bonchev–Trinajstić information content (AvgIpc) is 3.47. The van der Waals surface area contributed by atoms with E-state index in [9.17, 15) is 15.2 Å². The Hall–Kier alpha value is -4.60. The van der Waals surface area contributed by atoms with Gasteiger partial charge >= 0.3 is 0 Å². The number of hydrogen-bond acceptors (Lipinski definition) is 5. The van der Waals surface area contributed by atoms with Gasteiger partial charge in [0, 0.05) is 24.1 Å². The molecule has 0 saturated heterocycles. The minimum atomic E-state index is -0.262. The summed E-state index contributed by atoms with van der Waals surface area (Å²) in [5.74, 6) is 1.05. The number of carbonyl (C=O) groups is 1. The molecule has 0 radical (unpaired) electrons. The Labute approximate surface area is 228 Å². The molecule has 6 heteroatoms. The molecule has 0 aliphatic carbocycles. The van der Waals surface area contributed by atoms with Gasteiger partial charge in [-0.1, -0.05) is 60.7 Å². The number of rotatable bonds is 10. The average molecular weight is 519 g/mol. The number of ether oxygens (including phenoxy) is 2. The van der Waals surface area contributed by atoms with E-state index in [4.69, 9.17) is 9.47 Å². The van der Waals surface area contributed by atoms with E-state index in [2.05, 4.69) is 23.5 Å². The van der Waals surface area contributed by atoms with Gasteiger partial charge in [-0.3, -0.25) is 4.79 Å². The summed E-state index contributed by atoms with van der Waals surface area (Å²) in [6.07, 6.45) is 1.99. The van der Waals surface area contributed by atoms with E-state index >= 15 is 0 Å². The van der Waals surface area contributed by atoms with Gasteiger partial charge in [-0.05, 0) is 77.9 Å². The van der Waals surface area contributed by atoms with Crippen molar-refractivity contribution in [3.8, 4) is 28.7 Å². The third kappa shape index (κ3) is 6.46. The Kier molecular flexibility index (Phi) is 8.20. The standard InChI is InChI=1S/C33H30N2O4/c34-20-25-8-4-7-24(17-25)18-29(21-36)30(15-9-23-5-2-1-3-6-23)35-33(37)27-12-10-26(11-13-27)28-14-16-31-32(19-28)39-22-38-31/h1-8,10-14,16-17,19,29-30,36H,9,15,18,21-22H2,(H,35,37). The molecule has 2 N–H and O–H groups in total. The smallest absolute Gasteiger partial charge is 0.251 e. The Morgan fingerprint density at radius 3 is 2.38 bits per heavy atom. The monoisotopic (exact) mass is 518 g/mol.